The molecule has 8 heteroatoms. The second-order valence-corrected chi connectivity index (χ2v) is 5.79. The Morgan fingerprint density at radius 1 is 1.38 bits per heavy atom. The van der Waals surface area contributed by atoms with E-state index >= 15 is 0 Å². The molecule has 0 N–H and O–H groups in total. The Hall–Kier alpha value is -0.490. The third-order valence-electron chi connectivity index (χ3n) is 1.41. The summed E-state index contributed by atoms with van der Waals surface area (Å²) < 4.78 is 2.15. The van der Waals surface area contributed by atoms with Crippen molar-refractivity contribution >= 4 is 58.7 Å². The number of benzene rings is 1. The zero-order chi connectivity index (χ0) is 12.2. The van der Waals surface area contributed by atoms with Gasteiger partial charge in [-0.1, -0.05) is 46.9 Å². The maximum atomic E-state index is 10.6. The van der Waals surface area contributed by atoms with Gasteiger partial charge < -0.3 is 0 Å². The first-order chi connectivity index (χ1) is 7.40. The monoisotopic (exact) mass is 298 g/mol. The molecular formula is C8H5Cl3N2O2S. The molecule has 0 bridgehead atoms. The molecule has 16 heavy (non-hydrogen) atoms. The minimum atomic E-state index is -1.60. The average Bonchev–Trinajstić information content (AvgIpc) is 2.16. The number of alkyl halides is 3. The number of nitrogens with zero attached hydrogens (tertiary/aromatic N) is 2. The molecule has 0 amide bonds. The molecule has 0 fully saturated rings. The molecule has 0 spiro atoms. The number of rotatable bonds is 3. The van der Waals surface area contributed by atoms with Crippen molar-refractivity contribution in [2.45, 2.75) is 8.69 Å². The molecule has 0 aromatic heterocycles. The van der Waals surface area contributed by atoms with Gasteiger partial charge in [-0.05, 0) is 6.07 Å². The highest BCUT2D eigenvalue weighted by Gasteiger charge is 2.16. The summed E-state index contributed by atoms with van der Waals surface area (Å²) in [6.45, 7) is 0. The summed E-state index contributed by atoms with van der Waals surface area (Å²) in [6, 6.07) is 6.19. The van der Waals surface area contributed by atoms with E-state index in [1.807, 2.05) is 0 Å². The summed E-state index contributed by atoms with van der Waals surface area (Å²) in [4.78, 5) is 10.5. The highest BCUT2D eigenvalue weighted by molar-refractivity contribution is 7.98. The lowest BCUT2D eigenvalue weighted by Crippen LogP contribution is -2.01. The molecule has 1 aromatic rings. The molecule has 0 atom stereocenters. The van der Waals surface area contributed by atoms with Gasteiger partial charge in [0, 0.05) is 18.0 Å². The zero-order valence-electron chi connectivity index (χ0n) is 7.64. The highest BCUT2D eigenvalue weighted by Crippen LogP contribution is 2.31. The lowest BCUT2D eigenvalue weighted by molar-refractivity contribution is -0.387. The second kappa shape index (κ2) is 5.72. The van der Waals surface area contributed by atoms with Crippen molar-refractivity contribution in [3.8, 4) is 0 Å². The lowest BCUT2D eigenvalue weighted by Gasteiger charge is -2.01. The fourth-order valence-corrected chi connectivity index (χ4v) is 1.85. The second-order valence-electron chi connectivity index (χ2n) is 2.59. The molecule has 4 nitrogen and oxygen atoms in total. The Labute approximate surface area is 111 Å². The van der Waals surface area contributed by atoms with Gasteiger partial charge in [0.2, 0.25) is 3.79 Å². The summed E-state index contributed by atoms with van der Waals surface area (Å²) in [5.74, 6) is 0. The molecule has 86 valence electrons. The predicted molar refractivity (Wildman–Crippen MR) is 67.7 cm³/mol. The van der Waals surface area contributed by atoms with Gasteiger partial charge in [0.15, 0.2) is 0 Å². The van der Waals surface area contributed by atoms with Crippen molar-refractivity contribution in [1.82, 2.24) is 0 Å². The topological polar surface area (TPSA) is 55.5 Å². The standard InChI is InChI=1S/C8H5Cl3N2O2S/c9-8(10,11)5-12-16-7-4-2-1-3-6(7)13(14)15/h1-5H/b12-5+. The number of para-hydroxylation sites is 1. The number of halogens is 3. The molecule has 0 heterocycles. The first kappa shape index (κ1) is 13.6. The van der Waals surface area contributed by atoms with E-state index in [0.717, 1.165) is 18.2 Å². The van der Waals surface area contributed by atoms with Gasteiger partial charge in [-0.2, -0.15) is 0 Å². The van der Waals surface area contributed by atoms with Crippen LogP contribution in [0.3, 0.4) is 0 Å². The molecule has 0 saturated heterocycles. The normalized spacial score (nSPS) is 11.9. The molecule has 0 aliphatic heterocycles. The van der Waals surface area contributed by atoms with E-state index in [1.165, 1.54) is 6.07 Å². The molecule has 1 aromatic carbocycles. The lowest BCUT2D eigenvalue weighted by atomic mass is 10.3. The maximum absolute atomic E-state index is 10.6. The minimum absolute atomic E-state index is 0.0334. The minimum Gasteiger partial charge on any atom is -0.258 e. The number of hydrogen-bond acceptors (Lipinski definition) is 4. The van der Waals surface area contributed by atoms with Gasteiger partial charge in [0.05, 0.1) is 11.1 Å². The smallest absolute Gasteiger partial charge is 0.258 e. The van der Waals surface area contributed by atoms with E-state index in [-0.39, 0.29) is 5.69 Å². The largest absolute Gasteiger partial charge is 0.284 e. The van der Waals surface area contributed by atoms with Gasteiger partial charge >= 0.3 is 0 Å². The number of nitro groups is 1. The first-order valence-corrected chi connectivity index (χ1v) is 5.82. The number of hydrogen-bond donors (Lipinski definition) is 0. The molecule has 0 aliphatic rings. The Morgan fingerprint density at radius 2 is 2.00 bits per heavy atom. The molecule has 0 radical (unpaired) electrons. The van der Waals surface area contributed by atoms with E-state index in [4.69, 9.17) is 34.8 Å². The zero-order valence-corrected chi connectivity index (χ0v) is 10.7. The third kappa shape index (κ3) is 4.57. The SMILES string of the molecule is O=[N+]([O-])c1ccccc1S/N=C/C(Cl)(Cl)Cl. The highest BCUT2D eigenvalue weighted by atomic mass is 35.6. The van der Waals surface area contributed by atoms with Crippen molar-refractivity contribution in [3.05, 3.63) is 34.4 Å². The average molecular weight is 300 g/mol. The summed E-state index contributed by atoms with van der Waals surface area (Å²) in [5, 5.41) is 10.6. The van der Waals surface area contributed by atoms with Crippen LogP contribution in [-0.4, -0.2) is 14.9 Å². The van der Waals surface area contributed by atoms with Crippen LogP contribution < -0.4 is 0 Å². The Balaban J connectivity index is 2.82. The molecule has 1 rings (SSSR count). The van der Waals surface area contributed by atoms with E-state index in [2.05, 4.69) is 4.40 Å². The Morgan fingerprint density at radius 3 is 2.56 bits per heavy atom. The van der Waals surface area contributed by atoms with Crippen LogP contribution in [0, 0.1) is 10.1 Å². The van der Waals surface area contributed by atoms with Crippen LogP contribution in [0.2, 0.25) is 0 Å². The summed E-state index contributed by atoms with van der Waals surface area (Å²) >= 11 is 17.2. The van der Waals surface area contributed by atoms with Crippen molar-refractivity contribution in [2.24, 2.45) is 4.40 Å². The van der Waals surface area contributed by atoms with Crippen molar-refractivity contribution in [2.75, 3.05) is 0 Å². The van der Waals surface area contributed by atoms with Crippen molar-refractivity contribution < 1.29 is 4.92 Å². The molecule has 0 saturated carbocycles. The van der Waals surface area contributed by atoms with Crippen LogP contribution in [0.1, 0.15) is 0 Å². The maximum Gasteiger partial charge on any atom is 0.284 e. The quantitative estimate of drug-likeness (QED) is 0.278. The first-order valence-electron chi connectivity index (χ1n) is 3.92. The van der Waals surface area contributed by atoms with Crippen LogP contribution in [0.15, 0.2) is 33.6 Å². The van der Waals surface area contributed by atoms with Crippen LogP contribution in [0.4, 0.5) is 5.69 Å². The summed E-state index contributed by atoms with van der Waals surface area (Å²) in [6.07, 6.45) is 1.08. The van der Waals surface area contributed by atoms with Gasteiger partial charge in [-0.15, -0.1) is 0 Å². The van der Waals surface area contributed by atoms with Crippen LogP contribution in [0.25, 0.3) is 0 Å². The molecular weight excluding hydrogens is 295 g/mol. The fourth-order valence-electron chi connectivity index (χ4n) is 0.828. The van der Waals surface area contributed by atoms with Crippen molar-refractivity contribution in [3.63, 3.8) is 0 Å². The van der Waals surface area contributed by atoms with Crippen LogP contribution in [-0.2, 0) is 0 Å². The number of nitro benzene ring substituents is 1. The van der Waals surface area contributed by atoms with Gasteiger partial charge in [-0.25, -0.2) is 4.40 Å². The van der Waals surface area contributed by atoms with Gasteiger partial charge in [0.1, 0.15) is 4.90 Å². The van der Waals surface area contributed by atoms with E-state index < -0.39 is 8.72 Å². The summed E-state index contributed by atoms with van der Waals surface area (Å²) in [5.41, 5.74) is -0.0334. The van der Waals surface area contributed by atoms with Crippen molar-refractivity contribution in [1.29, 1.82) is 0 Å². The van der Waals surface area contributed by atoms with Crippen LogP contribution >= 0.6 is 46.8 Å². The predicted octanol–water partition coefficient (Wildman–Crippen LogP) is 4.04. The Bertz CT molecular complexity index is 420. The van der Waals surface area contributed by atoms with Crippen LogP contribution in [0.5, 0.6) is 0 Å². The van der Waals surface area contributed by atoms with E-state index in [1.54, 1.807) is 18.2 Å². The van der Waals surface area contributed by atoms with E-state index in [9.17, 15) is 10.1 Å². The molecule has 0 aliphatic carbocycles. The van der Waals surface area contributed by atoms with E-state index in [0.29, 0.717) is 4.90 Å². The van der Waals surface area contributed by atoms with Gasteiger partial charge in [-0.3, -0.25) is 10.1 Å². The molecule has 0 unspecified atom stereocenters. The van der Waals surface area contributed by atoms with Gasteiger partial charge in [0.25, 0.3) is 5.69 Å². The summed E-state index contributed by atoms with van der Waals surface area (Å²) in [7, 11) is 0. The fraction of sp³-hybridized carbons (Fsp3) is 0.125. The Kier molecular flexibility index (Phi) is 4.86. The third-order valence-corrected chi connectivity index (χ3v) is 2.46.